The van der Waals surface area contributed by atoms with Gasteiger partial charge < -0.3 is 4.52 Å². The predicted octanol–water partition coefficient (Wildman–Crippen LogP) is 2.84. The zero-order chi connectivity index (χ0) is 10.1. The minimum absolute atomic E-state index is 0.141. The Hall–Kier alpha value is -1.42. The lowest BCUT2D eigenvalue weighted by Gasteiger charge is -1.96. The maximum Gasteiger partial charge on any atom is 0.260 e. The molecule has 2 aromatic rings. The van der Waals surface area contributed by atoms with Crippen molar-refractivity contribution in [3.8, 4) is 11.5 Å². The molecule has 5 heteroatoms. The number of benzene rings is 1. The second-order valence-electron chi connectivity index (χ2n) is 2.77. The number of hydrogen-bond donors (Lipinski definition) is 0. The van der Waals surface area contributed by atoms with E-state index in [1.807, 2.05) is 0 Å². The Labute approximate surface area is 84.5 Å². The zero-order valence-corrected chi connectivity index (χ0v) is 8.05. The quantitative estimate of drug-likeness (QED) is 0.730. The number of halogens is 2. The Kier molecular flexibility index (Phi) is 2.21. The SMILES string of the molecule is Cc1noc(-c2cc(Cl)ccc2F)n1. The molecular formula is C9H6ClFN2O. The van der Waals surface area contributed by atoms with Crippen LogP contribution in [0.4, 0.5) is 4.39 Å². The largest absolute Gasteiger partial charge is 0.334 e. The van der Waals surface area contributed by atoms with Gasteiger partial charge in [-0.25, -0.2) is 4.39 Å². The summed E-state index contributed by atoms with van der Waals surface area (Å²) in [5.74, 6) is 0.167. The molecule has 0 aliphatic rings. The van der Waals surface area contributed by atoms with Gasteiger partial charge in [0, 0.05) is 5.02 Å². The average molecular weight is 213 g/mol. The Morgan fingerprint density at radius 1 is 1.43 bits per heavy atom. The van der Waals surface area contributed by atoms with Crippen LogP contribution in [0.2, 0.25) is 5.02 Å². The first-order valence-electron chi connectivity index (χ1n) is 3.92. The van der Waals surface area contributed by atoms with E-state index < -0.39 is 5.82 Å². The van der Waals surface area contributed by atoms with Crippen LogP contribution in [0.3, 0.4) is 0 Å². The van der Waals surface area contributed by atoms with Gasteiger partial charge in [-0.1, -0.05) is 16.8 Å². The van der Waals surface area contributed by atoms with Crippen molar-refractivity contribution >= 4 is 11.6 Å². The molecular weight excluding hydrogens is 207 g/mol. The molecule has 0 bridgehead atoms. The van der Waals surface area contributed by atoms with Gasteiger partial charge in [0.2, 0.25) is 0 Å². The third kappa shape index (κ3) is 1.61. The third-order valence-corrected chi connectivity index (χ3v) is 1.92. The molecule has 1 aromatic carbocycles. The molecule has 2 rings (SSSR count). The summed E-state index contributed by atoms with van der Waals surface area (Å²) in [6, 6.07) is 4.17. The molecule has 0 radical (unpaired) electrons. The lowest BCUT2D eigenvalue weighted by molar-refractivity contribution is 0.423. The van der Waals surface area contributed by atoms with E-state index in [1.54, 1.807) is 6.92 Å². The summed E-state index contributed by atoms with van der Waals surface area (Å²) >= 11 is 5.72. The van der Waals surface area contributed by atoms with Crippen LogP contribution in [0.15, 0.2) is 22.7 Å². The van der Waals surface area contributed by atoms with Crippen LogP contribution in [0.5, 0.6) is 0 Å². The van der Waals surface area contributed by atoms with Crippen LogP contribution < -0.4 is 0 Å². The zero-order valence-electron chi connectivity index (χ0n) is 7.29. The van der Waals surface area contributed by atoms with Crippen molar-refractivity contribution < 1.29 is 8.91 Å². The lowest BCUT2D eigenvalue weighted by Crippen LogP contribution is -1.84. The highest BCUT2D eigenvalue weighted by molar-refractivity contribution is 6.30. The molecule has 1 heterocycles. The molecule has 1 aromatic heterocycles. The molecule has 72 valence electrons. The average Bonchev–Trinajstić information content (AvgIpc) is 2.56. The van der Waals surface area contributed by atoms with E-state index in [0.717, 1.165) is 0 Å². The second-order valence-corrected chi connectivity index (χ2v) is 3.21. The Morgan fingerprint density at radius 3 is 2.86 bits per heavy atom. The number of hydrogen-bond acceptors (Lipinski definition) is 3. The standard InChI is InChI=1S/C9H6ClFN2O/c1-5-12-9(14-13-5)7-4-6(10)2-3-8(7)11/h2-4H,1H3. The van der Waals surface area contributed by atoms with E-state index in [-0.39, 0.29) is 11.5 Å². The first-order valence-corrected chi connectivity index (χ1v) is 4.30. The van der Waals surface area contributed by atoms with Crippen molar-refractivity contribution in [3.63, 3.8) is 0 Å². The minimum atomic E-state index is -0.432. The highest BCUT2D eigenvalue weighted by Crippen LogP contribution is 2.24. The van der Waals surface area contributed by atoms with Crippen LogP contribution in [-0.4, -0.2) is 10.1 Å². The molecule has 0 atom stereocenters. The van der Waals surface area contributed by atoms with Crippen molar-refractivity contribution in [2.45, 2.75) is 6.92 Å². The van der Waals surface area contributed by atoms with Crippen molar-refractivity contribution in [1.82, 2.24) is 10.1 Å². The maximum absolute atomic E-state index is 13.3. The van der Waals surface area contributed by atoms with E-state index in [1.165, 1.54) is 18.2 Å². The Balaban J connectivity index is 2.55. The summed E-state index contributed by atoms with van der Waals surface area (Å²) in [6.07, 6.45) is 0. The van der Waals surface area contributed by atoms with Crippen LogP contribution in [0.25, 0.3) is 11.5 Å². The van der Waals surface area contributed by atoms with Crippen molar-refractivity contribution in [2.75, 3.05) is 0 Å². The molecule has 0 unspecified atom stereocenters. The fourth-order valence-electron chi connectivity index (χ4n) is 1.07. The number of nitrogens with zero attached hydrogens (tertiary/aromatic N) is 2. The Bertz CT molecular complexity index is 470. The molecule has 0 aliphatic carbocycles. The van der Waals surface area contributed by atoms with Gasteiger partial charge >= 0.3 is 0 Å². The summed E-state index contributed by atoms with van der Waals surface area (Å²) in [7, 11) is 0. The molecule has 0 spiro atoms. The number of rotatable bonds is 1. The maximum atomic E-state index is 13.3. The predicted molar refractivity (Wildman–Crippen MR) is 49.4 cm³/mol. The summed E-state index contributed by atoms with van der Waals surface area (Å²) in [4.78, 5) is 3.91. The molecule has 0 fully saturated rings. The number of aryl methyl sites for hydroxylation is 1. The topological polar surface area (TPSA) is 38.9 Å². The van der Waals surface area contributed by atoms with E-state index in [9.17, 15) is 4.39 Å². The highest BCUT2D eigenvalue weighted by Gasteiger charge is 2.11. The first kappa shape index (κ1) is 9.15. The fourth-order valence-corrected chi connectivity index (χ4v) is 1.24. The van der Waals surface area contributed by atoms with Crippen LogP contribution in [-0.2, 0) is 0 Å². The van der Waals surface area contributed by atoms with Gasteiger partial charge in [0.15, 0.2) is 5.82 Å². The normalized spacial score (nSPS) is 10.5. The van der Waals surface area contributed by atoms with E-state index >= 15 is 0 Å². The van der Waals surface area contributed by atoms with Crippen molar-refractivity contribution in [2.24, 2.45) is 0 Å². The van der Waals surface area contributed by atoms with Crippen LogP contribution in [0.1, 0.15) is 5.82 Å². The van der Waals surface area contributed by atoms with Gasteiger partial charge in [-0.3, -0.25) is 0 Å². The fraction of sp³-hybridized carbons (Fsp3) is 0.111. The van der Waals surface area contributed by atoms with Crippen LogP contribution >= 0.6 is 11.6 Å². The van der Waals surface area contributed by atoms with E-state index in [2.05, 4.69) is 10.1 Å². The second kappa shape index (κ2) is 3.38. The number of aromatic nitrogens is 2. The Morgan fingerprint density at radius 2 is 2.21 bits per heavy atom. The van der Waals surface area contributed by atoms with Gasteiger partial charge in [-0.2, -0.15) is 4.98 Å². The van der Waals surface area contributed by atoms with E-state index in [0.29, 0.717) is 10.8 Å². The van der Waals surface area contributed by atoms with E-state index in [4.69, 9.17) is 16.1 Å². The van der Waals surface area contributed by atoms with Gasteiger partial charge in [-0.15, -0.1) is 0 Å². The van der Waals surface area contributed by atoms with Crippen LogP contribution in [0, 0.1) is 12.7 Å². The first-order chi connectivity index (χ1) is 6.66. The van der Waals surface area contributed by atoms with Gasteiger partial charge in [-0.05, 0) is 25.1 Å². The smallest absolute Gasteiger partial charge is 0.260 e. The minimum Gasteiger partial charge on any atom is -0.334 e. The van der Waals surface area contributed by atoms with Gasteiger partial charge in [0.05, 0.1) is 5.56 Å². The third-order valence-electron chi connectivity index (χ3n) is 1.69. The summed E-state index contributed by atoms with van der Waals surface area (Å²) < 4.78 is 18.1. The molecule has 0 saturated carbocycles. The monoisotopic (exact) mass is 212 g/mol. The molecule has 14 heavy (non-hydrogen) atoms. The molecule has 3 nitrogen and oxygen atoms in total. The summed E-state index contributed by atoms with van der Waals surface area (Å²) in [5.41, 5.74) is 0.220. The molecule has 0 amide bonds. The van der Waals surface area contributed by atoms with Gasteiger partial charge in [0.1, 0.15) is 5.82 Å². The molecule has 0 saturated heterocycles. The molecule has 0 aliphatic heterocycles. The summed E-state index contributed by atoms with van der Waals surface area (Å²) in [6.45, 7) is 1.66. The summed E-state index contributed by atoms with van der Waals surface area (Å²) in [5, 5.41) is 4.00. The lowest BCUT2D eigenvalue weighted by atomic mass is 10.2. The van der Waals surface area contributed by atoms with Gasteiger partial charge in [0.25, 0.3) is 5.89 Å². The highest BCUT2D eigenvalue weighted by atomic mass is 35.5. The van der Waals surface area contributed by atoms with Crippen molar-refractivity contribution in [3.05, 3.63) is 34.9 Å². The molecule has 0 N–H and O–H groups in total. The van der Waals surface area contributed by atoms with Crippen molar-refractivity contribution in [1.29, 1.82) is 0 Å².